The second-order valence-electron chi connectivity index (χ2n) is 5.49. The van der Waals surface area contributed by atoms with Crippen LogP contribution in [-0.2, 0) is 17.8 Å². The molecule has 0 saturated carbocycles. The Bertz CT molecular complexity index is 842. The number of carbonyl (C=O) groups excluding carboxylic acids is 1. The molecule has 2 aromatic carbocycles. The third-order valence-corrected chi connectivity index (χ3v) is 3.68. The van der Waals surface area contributed by atoms with Crippen LogP contribution in [0.25, 0.3) is 11.3 Å². The summed E-state index contributed by atoms with van der Waals surface area (Å²) in [6.45, 7) is 0.264. The number of amides is 1. The normalized spacial score (nSPS) is 10.5. The van der Waals surface area contributed by atoms with Crippen LogP contribution in [0.5, 0.6) is 5.75 Å². The maximum Gasteiger partial charge on any atom is 0.224 e. The predicted molar refractivity (Wildman–Crippen MR) is 90.4 cm³/mol. The number of nitrogens with zero attached hydrogens (tertiary/aromatic N) is 1. The van der Waals surface area contributed by atoms with E-state index in [1.54, 1.807) is 25.3 Å². The minimum Gasteiger partial charge on any atom is -0.497 e. The number of methoxy groups -OCH3 is 1. The lowest BCUT2D eigenvalue weighted by Crippen LogP contribution is -2.24. The zero-order chi connectivity index (χ0) is 17.6. The summed E-state index contributed by atoms with van der Waals surface area (Å²) >= 11 is 0. The van der Waals surface area contributed by atoms with Gasteiger partial charge in [-0.15, -0.1) is 0 Å². The summed E-state index contributed by atoms with van der Waals surface area (Å²) in [6.07, 6.45) is 0.184. The van der Waals surface area contributed by atoms with E-state index in [-0.39, 0.29) is 24.7 Å². The zero-order valence-electron chi connectivity index (χ0n) is 13.7. The van der Waals surface area contributed by atoms with Crippen LogP contribution in [0.2, 0.25) is 0 Å². The quantitative estimate of drug-likeness (QED) is 0.747. The van der Waals surface area contributed by atoms with Crippen molar-refractivity contribution in [1.29, 1.82) is 0 Å². The fourth-order valence-electron chi connectivity index (χ4n) is 2.33. The van der Waals surface area contributed by atoms with Crippen molar-refractivity contribution < 1.29 is 18.4 Å². The molecule has 0 fully saturated rings. The molecule has 0 aliphatic carbocycles. The Morgan fingerprint density at radius 1 is 1.16 bits per heavy atom. The van der Waals surface area contributed by atoms with Gasteiger partial charge in [0.2, 0.25) is 5.91 Å². The summed E-state index contributed by atoms with van der Waals surface area (Å²) in [5.74, 6) is 0.889. The summed E-state index contributed by atoms with van der Waals surface area (Å²) in [7, 11) is 1.61. The minimum absolute atomic E-state index is 0.166. The highest BCUT2D eigenvalue weighted by Gasteiger charge is 2.09. The number of nitrogens with one attached hydrogen (secondary N) is 1. The predicted octanol–water partition coefficient (Wildman–Crippen LogP) is 3.35. The van der Waals surface area contributed by atoms with Gasteiger partial charge in [-0.1, -0.05) is 17.3 Å². The van der Waals surface area contributed by atoms with Gasteiger partial charge in [0, 0.05) is 11.6 Å². The van der Waals surface area contributed by atoms with Crippen molar-refractivity contribution in [3.05, 3.63) is 71.7 Å². The van der Waals surface area contributed by atoms with Gasteiger partial charge in [-0.2, -0.15) is 0 Å². The van der Waals surface area contributed by atoms with Crippen molar-refractivity contribution in [3.8, 4) is 17.1 Å². The first kappa shape index (κ1) is 16.7. The largest absolute Gasteiger partial charge is 0.497 e. The maximum absolute atomic E-state index is 12.9. The van der Waals surface area contributed by atoms with E-state index < -0.39 is 0 Å². The standard InChI is InChI=1S/C19H17FN2O3/c1-24-17-8-4-14(5-9-17)18-11-16(22-25-18)12-21-19(23)10-13-2-6-15(20)7-3-13/h2-9,11H,10,12H2,1H3,(H,21,23). The van der Waals surface area contributed by atoms with Crippen molar-refractivity contribution in [1.82, 2.24) is 10.5 Å². The molecule has 6 heteroatoms. The average Bonchev–Trinajstić information content (AvgIpc) is 3.11. The zero-order valence-corrected chi connectivity index (χ0v) is 13.7. The number of rotatable bonds is 6. The molecule has 1 N–H and O–H groups in total. The molecule has 25 heavy (non-hydrogen) atoms. The van der Waals surface area contributed by atoms with Crippen molar-refractivity contribution in [2.24, 2.45) is 0 Å². The van der Waals surface area contributed by atoms with Crippen molar-refractivity contribution in [2.75, 3.05) is 7.11 Å². The van der Waals surface area contributed by atoms with Crippen LogP contribution in [-0.4, -0.2) is 18.2 Å². The minimum atomic E-state index is -0.321. The van der Waals surface area contributed by atoms with Gasteiger partial charge in [-0.05, 0) is 42.0 Å². The van der Waals surface area contributed by atoms with E-state index in [4.69, 9.17) is 9.26 Å². The van der Waals surface area contributed by atoms with Crippen molar-refractivity contribution >= 4 is 5.91 Å². The smallest absolute Gasteiger partial charge is 0.224 e. The molecule has 0 bridgehead atoms. The van der Waals surface area contributed by atoms with E-state index in [9.17, 15) is 9.18 Å². The van der Waals surface area contributed by atoms with Crippen LogP contribution in [0.4, 0.5) is 4.39 Å². The summed E-state index contributed by atoms with van der Waals surface area (Å²) in [5.41, 5.74) is 2.24. The number of ether oxygens (including phenoxy) is 1. The Hall–Kier alpha value is -3.15. The van der Waals surface area contributed by atoms with E-state index in [1.165, 1.54) is 12.1 Å². The van der Waals surface area contributed by atoms with Crippen LogP contribution in [0.15, 0.2) is 59.1 Å². The first-order chi connectivity index (χ1) is 12.1. The van der Waals surface area contributed by atoms with Gasteiger partial charge >= 0.3 is 0 Å². The highest BCUT2D eigenvalue weighted by molar-refractivity contribution is 5.78. The van der Waals surface area contributed by atoms with E-state index in [2.05, 4.69) is 10.5 Å². The molecule has 3 rings (SSSR count). The van der Waals surface area contributed by atoms with Gasteiger partial charge < -0.3 is 14.6 Å². The second-order valence-corrected chi connectivity index (χ2v) is 5.49. The molecule has 1 heterocycles. The van der Waals surface area contributed by atoms with Crippen LogP contribution in [0.3, 0.4) is 0 Å². The Kier molecular flexibility index (Phi) is 5.09. The summed E-state index contributed by atoms with van der Waals surface area (Å²) in [4.78, 5) is 11.9. The third-order valence-electron chi connectivity index (χ3n) is 3.68. The Labute approximate surface area is 144 Å². The first-order valence-electron chi connectivity index (χ1n) is 7.75. The lowest BCUT2D eigenvalue weighted by Gasteiger charge is -2.03. The molecule has 1 aromatic heterocycles. The average molecular weight is 340 g/mol. The number of hydrogen-bond acceptors (Lipinski definition) is 4. The molecule has 0 atom stereocenters. The molecule has 3 aromatic rings. The molecule has 0 saturated heterocycles. The van der Waals surface area contributed by atoms with E-state index >= 15 is 0 Å². The molecular formula is C19H17FN2O3. The Morgan fingerprint density at radius 2 is 1.88 bits per heavy atom. The SMILES string of the molecule is COc1ccc(-c2cc(CNC(=O)Cc3ccc(F)cc3)no2)cc1. The second kappa shape index (κ2) is 7.61. The van der Waals surface area contributed by atoms with Gasteiger partial charge in [0.15, 0.2) is 5.76 Å². The highest BCUT2D eigenvalue weighted by Crippen LogP contribution is 2.23. The highest BCUT2D eigenvalue weighted by atomic mass is 19.1. The van der Waals surface area contributed by atoms with E-state index in [1.807, 2.05) is 24.3 Å². The Balaban J connectivity index is 1.55. The monoisotopic (exact) mass is 340 g/mol. The number of aromatic nitrogens is 1. The summed E-state index contributed by atoms with van der Waals surface area (Å²) < 4.78 is 23.3. The van der Waals surface area contributed by atoms with E-state index in [0.29, 0.717) is 11.5 Å². The van der Waals surface area contributed by atoms with Gasteiger partial charge in [0.1, 0.15) is 17.3 Å². The molecule has 0 radical (unpaired) electrons. The van der Waals surface area contributed by atoms with Gasteiger partial charge in [0.25, 0.3) is 0 Å². The molecule has 0 spiro atoms. The van der Waals surface area contributed by atoms with Gasteiger partial charge in [-0.25, -0.2) is 4.39 Å². The third kappa shape index (κ3) is 4.44. The first-order valence-corrected chi connectivity index (χ1v) is 7.75. The Morgan fingerprint density at radius 3 is 2.56 bits per heavy atom. The molecule has 128 valence electrons. The van der Waals surface area contributed by atoms with Crippen LogP contribution in [0.1, 0.15) is 11.3 Å². The number of carbonyl (C=O) groups is 1. The lowest BCUT2D eigenvalue weighted by atomic mass is 10.1. The van der Waals surface area contributed by atoms with Crippen LogP contribution >= 0.6 is 0 Å². The van der Waals surface area contributed by atoms with Crippen molar-refractivity contribution in [3.63, 3.8) is 0 Å². The molecule has 0 unspecified atom stereocenters. The molecule has 1 amide bonds. The number of benzene rings is 2. The van der Waals surface area contributed by atoms with Gasteiger partial charge in [-0.3, -0.25) is 4.79 Å². The molecule has 0 aliphatic rings. The molecule has 0 aliphatic heterocycles. The summed E-state index contributed by atoms with van der Waals surface area (Å²) in [5, 5.41) is 6.73. The van der Waals surface area contributed by atoms with Gasteiger partial charge in [0.05, 0.1) is 20.1 Å². The van der Waals surface area contributed by atoms with E-state index in [0.717, 1.165) is 16.9 Å². The number of halogens is 1. The fraction of sp³-hybridized carbons (Fsp3) is 0.158. The van der Waals surface area contributed by atoms with Crippen LogP contribution in [0, 0.1) is 5.82 Å². The van der Waals surface area contributed by atoms with Crippen molar-refractivity contribution in [2.45, 2.75) is 13.0 Å². The fourth-order valence-corrected chi connectivity index (χ4v) is 2.33. The topological polar surface area (TPSA) is 64.4 Å². The maximum atomic E-state index is 12.9. The summed E-state index contributed by atoms with van der Waals surface area (Å²) in [6, 6.07) is 15.0. The molecule has 5 nitrogen and oxygen atoms in total. The van der Waals surface area contributed by atoms with Crippen LogP contribution < -0.4 is 10.1 Å². The number of hydrogen-bond donors (Lipinski definition) is 1. The molecular weight excluding hydrogens is 323 g/mol. The lowest BCUT2D eigenvalue weighted by molar-refractivity contribution is -0.120.